The Bertz CT molecular complexity index is 223. The molecule has 0 unspecified atom stereocenters. The van der Waals surface area contributed by atoms with Crippen LogP contribution in [0.2, 0.25) is 0 Å². The highest BCUT2D eigenvalue weighted by Crippen LogP contribution is 2.20. The minimum absolute atomic E-state index is 0.00326. The Labute approximate surface area is 73.3 Å². The number of aliphatic imine (C=N–C) groups is 1. The summed E-state index contributed by atoms with van der Waals surface area (Å²) in [6.07, 6.45) is 1.83. The maximum Gasteiger partial charge on any atom is 0.104 e. The zero-order valence-corrected chi connectivity index (χ0v) is 7.92. The van der Waals surface area contributed by atoms with Crippen molar-refractivity contribution >= 4 is 6.21 Å². The van der Waals surface area contributed by atoms with E-state index in [-0.39, 0.29) is 5.54 Å². The fourth-order valence-corrected chi connectivity index (χ4v) is 0.826. The van der Waals surface area contributed by atoms with Crippen molar-refractivity contribution in [3.8, 4) is 0 Å². The van der Waals surface area contributed by atoms with Gasteiger partial charge in [0, 0.05) is 11.9 Å². The van der Waals surface area contributed by atoms with Crippen molar-refractivity contribution in [3.05, 3.63) is 11.3 Å². The number of allylic oxidation sites excluding steroid dienone is 2. The summed E-state index contributed by atoms with van der Waals surface area (Å²) in [6.45, 7) is 7.36. The molecule has 1 aliphatic heterocycles. The van der Waals surface area contributed by atoms with Crippen LogP contribution in [-0.4, -0.2) is 25.0 Å². The number of nitrogens with zero attached hydrogens (tertiary/aromatic N) is 1. The molecule has 0 amide bonds. The molecule has 12 heavy (non-hydrogen) atoms. The summed E-state index contributed by atoms with van der Waals surface area (Å²) in [7, 11) is 0. The molecule has 0 atom stereocenters. The number of rotatable bonds is 2. The molecule has 2 N–H and O–H groups in total. The van der Waals surface area contributed by atoms with Crippen molar-refractivity contribution in [2.45, 2.75) is 26.3 Å². The van der Waals surface area contributed by atoms with Crippen molar-refractivity contribution in [2.75, 3.05) is 13.2 Å². The molecule has 3 nitrogen and oxygen atoms in total. The quantitative estimate of drug-likeness (QED) is 0.627. The van der Waals surface area contributed by atoms with Crippen LogP contribution in [0, 0.1) is 0 Å². The van der Waals surface area contributed by atoms with Crippen molar-refractivity contribution in [3.63, 3.8) is 0 Å². The van der Waals surface area contributed by atoms with Gasteiger partial charge in [-0.1, -0.05) is 0 Å². The van der Waals surface area contributed by atoms with E-state index >= 15 is 0 Å². The largest absolute Gasteiger partial charge is 0.402 e. The number of hydrogen-bond acceptors (Lipinski definition) is 3. The minimum atomic E-state index is -0.00326. The topological polar surface area (TPSA) is 47.6 Å². The molecule has 0 aromatic carbocycles. The van der Waals surface area contributed by atoms with E-state index in [0.29, 0.717) is 0 Å². The Morgan fingerprint density at radius 3 is 2.42 bits per heavy atom. The summed E-state index contributed by atoms with van der Waals surface area (Å²) in [5.41, 5.74) is 7.43. The van der Waals surface area contributed by atoms with E-state index in [1.807, 2.05) is 20.1 Å². The molecule has 0 bridgehead atoms. The van der Waals surface area contributed by atoms with Gasteiger partial charge in [0.2, 0.25) is 0 Å². The number of nitrogens with two attached hydrogens (primary N) is 1. The fourth-order valence-electron chi connectivity index (χ4n) is 0.826. The summed E-state index contributed by atoms with van der Waals surface area (Å²) >= 11 is 0. The predicted molar refractivity (Wildman–Crippen MR) is 50.3 cm³/mol. The highest BCUT2D eigenvalue weighted by molar-refractivity contribution is 5.78. The first-order valence-electron chi connectivity index (χ1n) is 4.09. The molecular weight excluding hydrogens is 152 g/mol. The first-order valence-corrected chi connectivity index (χ1v) is 4.09. The molecule has 3 heteroatoms. The fraction of sp³-hybridized carbons (Fsp3) is 0.667. The minimum Gasteiger partial charge on any atom is -0.402 e. The van der Waals surface area contributed by atoms with Crippen LogP contribution in [0.1, 0.15) is 20.8 Å². The number of hydrogen-bond donors (Lipinski definition) is 1. The Kier molecular flexibility index (Phi) is 2.52. The molecule has 1 saturated heterocycles. The van der Waals surface area contributed by atoms with E-state index in [4.69, 9.17) is 10.5 Å². The Balaban J connectivity index is 2.55. The SMILES string of the molecule is CC(N)=C(C)C=NC1(C)COC1. The van der Waals surface area contributed by atoms with Gasteiger partial charge in [0.15, 0.2) is 0 Å². The molecule has 1 rings (SSSR count). The molecular formula is C9H16N2O. The lowest BCUT2D eigenvalue weighted by Gasteiger charge is -2.34. The van der Waals surface area contributed by atoms with Gasteiger partial charge >= 0.3 is 0 Å². The van der Waals surface area contributed by atoms with Crippen molar-refractivity contribution in [1.29, 1.82) is 0 Å². The van der Waals surface area contributed by atoms with Gasteiger partial charge in [-0.05, 0) is 26.3 Å². The van der Waals surface area contributed by atoms with Crippen LogP contribution in [0.25, 0.3) is 0 Å². The summed E-state index contributed by atoms with van der Waals surface area (Å²) in [5.74, 6) is 0. The zero-order chi connectivity index (χ0) is 9.19. The summed E-state index contributed by atoms with van der Waals surface area (Å²) < 4.78 is 5.07. The zero-order valence-electron chi connectivity index (χ0n) is 7.92. The van der Waals surface area contributed by atoms with E-state index in [9.17, 15) is 0 Å². The highest BCUT2D eigenvalue weighted by atomic mass is 16.5. The smallest absolute Gasteiger partial charge is 0.104 e. The molecule has 0 radical (unpaired) electrons. The summed E-state index contributed by atoms with van der Waals surface area (Å²) in [5, 5.41) is 0. The van der Waals surface area contributed by atoms with Crippen LogP contribution in [0.15, 0.2) is 16.3 Å². The standard InChI is InChI=1S/C9H16N2O/c1-7(8(2)10)4-11-9(3)5-12-6-9/h4H,5-6,10H2,1-3H3. The van der Waals surface area contributed by atoms with Crippen LogP contribution in [-0.2, 0) is 4.74 Å². The second kappa shape index (κ2) is 3.27. The van der Waals surface area contributed by atoms with Crippen LogP contribution in [0.3, 0.4) is 0 Å². The molecule has 0 aromatic heterocycles. The van der Waals surface area contributed by atoms with E-state index in [0.717, 1.165) is 24.5 Å². The van der Waals surface area contributed by atoms with Crippen LogP contribution in [0.4, 0.5) is 0 Å². The lowest BCUT2D eigenvalue weighted by atomic mass is 10.0. The average Bonchev–Trinajstić information content (AvgIpc) is 1.96. The highest BCUT2D eigenvalue weighted by Gasteiger charge is 2.31. The van der Waals surface area contributed by atoms with Crippen LogP contribution < -0.4 is 5.73 Å². The Morgan fingerprint density at radius 2 is 2.08 bits per heavy atom. The van der Waals surface area contributed by atoms with Crippen molar-refractivity contribution < 1.29 is 4.74 Å². The Morgan fingerprint density at radius 1 is 1.50 bits per heavy atom. The van der Waals surface area contributed by atoms with E-state index in [2.05, 4.69) is 11.9 Å². The van der Waals surface area contributed by atoms with Crippen molar-refractivity contribution in [1.82, 2.24) is 0 Å². The third-order valence-electron chi connectivity index (χ3n) is 2.02. The lowest BCUT2D eigenvalue weighted by Crippen LogP contribution is -2.45. The van der Waals surface area contributed by atoms with E-state index < -0.39 is 0 Å². The molecule has 0 aromatic rings. The third kappa shape index (κ3) is 2.08. The third-order valence-corrected chi connectivity index (χ3v) is 2.02. The summed E-state index contributed by atoms with van der Waals surface area (Å²) in [4.78, 5) is 4.39. The lowest BCUT2D eigenvalue weighted by molar-refractivity contribution is -0.0415. The van der Waals surface area contributed by atoms with Gasteiger partial charge in [-0.2, -0.15) is 0 Å². The summed E-state index contributed by atoms with van der Waals surface area (Å²) in [6, 6.07) is 0. The van der Waals surface area contributed by atoms with Gasteiger partial charge < -0.3 is 10.5 Å². The second-order valence-electron chi connectivity index (χ2n) is 3.61. The molecule has 68 valence electrons. The molecule has 0 spiro atoms. The molecule has 0 aliphatic carbocycles. The Hall–Kier alpha value is -0.830. The van der Waals surface area contributed by atoms with Gasteiger partial charge in [-0.3, -0.25) is 4.99 Å². The first-order chi connectivity index (χ1) is 5.53. The number of ether oxygens (including phenoxy) is 1. The van der Waals surface area contributed by atoms with Crippen molar-refractivity contribution in [2.24, 2.45) is 10.7 Å². The maximum absolute atomic E-state index is 5.58. The van der Waals surface area contributed by atoms with Gasteiger partial charge in [-0.25, -0.2) is 0 Å². The van der Waals surface area contributed by atoms with Gasteiger partial charge in [0.05, 0.1) is 13.2 Å². The van der Waals surface area contributed by atoms with Crippen LogP contribution in [0.5, 0.6) is 0 Å². The molecule has 1 aliphatic rings. The monoisotopic (exact) mass is 168 g/mol. The van der Waals surface area contributed by atoms with Gasteiger partial charge in [0.1, 0.15) is 5.54 Å². The average molecular weight is 168 g/mol. The molecule has 0 saturated carbocycles. The van der Waals surface area contributed by atoms with E-state index in [1.54, 1.807) is 0 Å². The maximum atomic E-state index is 5.58. The van der Waals surface area contributed by atoms with Gasteiger partial charge in [0.25, 0.3) is 0 Å². The first kappa shape index (κ1) is 9.26. The van der Waals surface area contributed by atoms with E-state index in [1.165, 1.54) is 0 Å². The molecule has 1 fully saturated rings. The van der Waals surface area contributed by atoms with Gasteiger partial charge in [-0.15, -0.1) is 0 Å². The second-order valence-corrected chi connectivity index (χ2v) is 3.61. The predicted octanol–water partition coefficient (Wildman–Crippen LogP) is 1.10. The molecule has 1 heterocycles. The van der Waals surface area contributed by atoms with Crippen LogP contribution >= 0.6 is 0 Å². The normalized spacial score (nSPS) is 23.6.